The predicted molar refractivity (Wildman–Crippen MR) is 69.2 cm³/mol. The zero-order valence-corrected chi connectivity index (χ0v) is 11.9. The summed E-state index contributed by atoms with van der Waals surface area (Å²) in [5.74, 6) is 1.51. The van der Waals surface area contributed by atoms with Crippen LogP contribution in [0, 0.1) is 17.8 Å². The van der Waals surface area contributed by atoms with Gasteiger partial charge in [-0.1, -0.05) is 27.2 Å². The van der Waals surface area contributed by atoms with Crippen molar-refractivity contribution in [2.75, 3.05) is 6.61 Å². The molecule has 4 unspecified atom stereocenters. The highest BCUT2D eigenvalue weighted by molar-refractivity contribution is 5.60. The van der Waals surface area contributed by atoms with Crippen LogP contribution in [0.1, 0.15) is 47.0 Å². The van der Waals surface area contributed by atoms with Crippen LogP contribution in [-0.4, -0.2) is 30.1 Å². The van der Waals surface area contributed by atoms with Gasteiger partial charge in [-0.3, -0.25) is 0 Å². The highest BCUT2D eigenvalue weighted by atomic mass is 16.7. The van der Waals surface area contributed by atoms with Crippen LogP contribution in [0.15, 0.2) is 0 Å². The second kappa shape index (κ2) is 6.98. The standard InChI is InChI=1S/C14H26O4/c1-9(2)12-6-5-10(3)7-13(12)18-14(16)17-11(4)8-15/h9-13,15H,5-8H2,1-4H3. The number of carbonyl (C=O) groups is 1. The summed E-state index contributed by atoms with van der Waals surface area (Å²) >= 11 is 0. The van der Waals surface area contributed by atoms with E-state index in [-0.39, 0.29) is 12.7 Å². The minimum absolute atomic E-state index is 0.0489. The van der Waals surface area contributed by atoms with Gasteiger partial charge in [0.2, 0.25) is 0 Å². The van der Waals surface area contributed by atoms with E-state index < -0.39 is 12.3 Å². The van der Waals surface area contributed by atoms with Gasteiger partial charge in [0.15, 0.2) is 0 Å². The summed E-state index contributed by atoms with van der Waals surface area (Å²) in [6.45, 7) is 7.99. The predicted octanol–water partition coefficient (Wildman–Crippen LogP) is 2.98. The lowest BCUT2D eigenvalue weighted by molar-refractivity contribution is -0.0495. The average molecular weight is 258 g/mol. The molecular formula is C14H26O4. The third-order valence-electron chi connectivity index (χ3n) is 3.76. The Labute approximate surface area is 110 Å². The zero-order valence-electron chi connectivity index (χ0n) is 11.9. The summed E-state index contributed by atoms with van der Waals surface area (Å²) in [5.41, 5.74) is 0. The molecule has 1 aliphatic rings. The molecule has 0 saturated heterocycles. The molecule has 4 nitrogen and oxygen atoms in total. The summed E-state index contributed by atoms with van der Waals surface area (Å²) in [4.78, 5) is 11.6. The maximum absolute atomic E-state index is 11.6. The monoisotopic (exact) mass is 258 g/mol. The van der Waals surface area contributed by atoms with Crippen molar-refractivity contribution in [3.63, 3.8) is 0 Å². The molecule has 0 aliphatic heterocycles. The average Bonchev–Trinajstić information content (AvgIpc) is 2.28. The van der Waals surface area contributed by atoms with E-state index in [0.29, 0.717) is 17.8 Å². The molecule has 1 fully saturated rings. The fourth-order valence-electron chi connectivity index (χ4n) is 2.60. The number of aliphatic hydroxyl groups excluding tert-OH is 1. The Morgan fingerprint density at radius 1 is 1.33 bits per heavy atom. The summed E-state index contributed by atoms with van der Waals surface area (Å²) in [6.07, 6.45) is 2.01. The Bertz CT molecular complexity index is 265. The van der Waals surface area contributed by atoms with Gasteiger partial charge in [-0.2, -0.15) is 0 Å². The van der Waals surface area contributed by atoms with E-state index in [2.05, 4.69) is 20.8 Å². The Balaban J connectivity index is 2.52. The highest BCUT2D eigenvalue weighted by Crippen LogP contribution is 2.35. The first-order valence-corrected chi connectivity index (χ1v) is 6.92. The van der Waals surface area contributed by atoms with Crippen LogP contribution in [0.25, 0.3) is 0 Å². The van der Waals surface area contributed by atoms with Crippen molar-refractivity contribution >= 4 is 6.16 Å². The van der Waals surface area contributed by atoms with Gasteiger partial charge >= 0.3 is 6.16 Å². The molecule has 0 spiro atoms. The molecule has 0 radical (unpaired) electrons. The first-order chi connectivity index (χ1) is 8.43. The van der Waals surface area contributed by atoms with Gasteiger partial charge in [0.05, 0.1) is 6.61 Å². The second-order valence-corrected chi connectivity index (χ2v) is 5.84. The topological polar surface area (TPSA) is 55.8 Å². The molecular weight excluding hydrogens is 232 g/mol. The van der Waals surface area contributed by atoms with Crippen molar-refractivity contribution in [2.24, 2.45) is 17.8 Å². The summed E-state index contributed by atoms with van der Waals surface area (Å²) in [5, 5.41) is 8.84. The maximum Gasteiger partial charge on any atom is 0.508 e. The lowest BCUT2D eigenvalue weighted by atomic mass is 9.75. The molecule has 106 valence electrons. The van der Waals surface area contributed by atoms with Gasteiger partial charge in [-0.15, -0.1) is 0 Å². The van der Waals surface area contributed by atoms with E-state index in [1.165, 1.54) is 6.42 Å². The normalized spacial score (nSPS) is 30.0. The summed E-state index contributed by atoms with van der Waals surface area (Å²) in [6, 6.07) is 0. The molecule has 4 heteroatoms. The Hall–Kier alpha value is -0.770. The molecule has 4 atom stereocenters. The van der Waals surface area contributed by atoms with Crippen molar-refractivity contribution in [3.05, 3.63) is 0 Å². The van der Waals surface area contributed by atoms with Crippen LogP contribution in [0.3, 0.4) is 0 Å². The highest BCUT2D eigenvalue weighted by Gasteiger charge is 2.34. The molecule has 0 aromatic carbocycles. The van der Waals surface area contributed by atoms with Crippen molar-refractivity contribution in [2.45, 2.75) is 59.2 Å². The van der Waals surface area contributed by atoms with E-state index in [1.807, 2.05) is 0 Å². The van der Waals surface area contributed by atoms with Gasteiger partial charge in [0, 0.05) is 0 Å². The number of rotatable bonds is 4. The number of ether oxygens (including phenoxy) is 2. The smallest absolute Gasteiger partial charge is 0.431 e. The molecule has 1 rings (SSSR count). The van der Waals surface area contributed by atoms with Crippen molar-refractivity contribution < 1.29 is 19.4 Å². The van der Waals surface area contributed by atoms with E-state index >= 15 is 0 Å². The Morgan fingerprint density at radius 2 is 2.00 bits per heavy atom. The number of hydrogen-bond donors (Lipinski definition) is 1. The second-order valence-electron chi connectivity index (χ2n) is 5.84. The molecule has 1 saturated carbocycles. The van der Waals surface area contributed by atoms with Gasteiger partial charge < -0.3 is 14.6 Å². The molecule has 1 aliphatic carbocycles. The minimum Gasteiger partial charge on any atom is -0.431 e. The quantitative estimate of drug-likeness (QED) is 0.788. The molecule has 0 amide bonds. The lowest BCUT2D eigenvalue weighted by Gasteiger charge is -2.36. The largest absolute Gasteiger partial charge is 0.508 e. The van der Waals surface area contributed by atoms with Crippen LogP contribution >= 0.6 is 0 Å². The molecule has 1 N–H and O–H groups in total. The first kappa shape index (κ1) is 15.3. The minimum atomic E-state index is -0.652. The van der Waals surface area contributed by atoms with Gasteiger partial charge in [-0.25, -0.2) is 4.79 Å². The van der Waals surface area contributed by atoms with Crippen molar-refractivity contribution in [1.29, 1.82) is 0 Å². The lowest BCUT2D eigenvalue weighted by Crippen LogP contribution is -2.36. The van der Waals surface area contributed by atoms with Crippen LogP contribution in [0.2, 0.25) is 0 Å². The molecule has 0 bridgehead atoms. The van der Waals surface area contributed by atoms with Crippen LogP contribution < -0.4 is 0 Å². The maximum atomic E-state index is 11.6. The van der Waals surface area contributed by atoms with E-state index in [0.717, 1.165) is 12.8 Å². The van der Waals surface area contributed by atoms with Crippen LogP contribution in [0.4, 0.5) is 4.79 Å². The number of hydrogen-bond acceptors (Lipinski definition) is 4. The fourth-order valence-corrected chi connectivity index (χ4v) is 2.60. The molecule has 0 aromatic rings. The van der Waals surface area contributed by atoms with E-state index in [9.17, 15) is 4.79 Å². The fraction of sp³-hybridized carbons (Fsp3) is 0.929. The third kappa shape index (κ3) is 4.48. The van der Waals surface area contributed by atoms with Gasteiger partial charge in [0.1, 0.15) is 12.2 Å². The van der Waals surface area contributed by atoms with Crippen LogP contribution in [0.5, 0.6) is 0 Å². The van der Waals surface area contributed by atoms with Gasteiger partial charge in [0.25, 0.3) is 0 Å². The van der Waals surface area contributed by atoms with Crippen molar-refractivity contribution in [1.82, 2.24) is 0 Å². The zero-order chi connectivity index (χ0) is 13.7. The van der Waals surface area contributed by atoms with Gasteiger partial charge in [-0.05, 0) is 37.5 Å². The molecule has 18 heavy (non-hydrogen) atoms. The van der Waals surface area contributed by atoms with Crippen LogP contribution in [-0.2, 0) is 9.47 Å². The Morgan fingerprint density at radius 3 is 2.56 bits per heavy atom. The summed E-state index contributed by atoms with van der Waals surface area (Å²) < 4.78 is 10.4. The third-order valence-corrected chi connectivity index (χ3v) is 3.76. The first-order valence-electron chi connectivity index (χ1n) is 6.92. The summed E-state index contributed by atoms with van der Waals surface area (Å²) in [7, 11) is 0. The molecule has 0 aromatic heterocycles. The SMILES string of the molecule is CC1CCC(C(C)C)C(OC(=O)OC(C)CO)C1. The Kier molecular flexibility index (Phi) is 5.93. The van der Waals surface area contributed by atoms with Crippen molar-refractivity contribution in [3.8, 4) is 0 Å². The van der Waals surface area contributed by atoms with E-state index in [4.69, 9.17) is 14.6 Å². The number of carbonyl (C=O) groups excluding carboxylic acids is 1. The molecule has 0 heterocycles. The van der Waals surface area contributed by atoms with E-state index in [1.54, 1.807) is 6.92 Å². The number of aliphatic hydroxyl groups is 1.